The summed E-state index contributed by atoms with van der Waals surface area (Å²) in [6.07, 6.45) is 0.513. The first-order valence-electron chi connectivity index (χ1n) is 7.95. The first kappa shape index (κ1) is 17.9. The summed E-state index contributed by atoms with van der Waals surface area (Å²) in [5, 5.41) is 0. The van der Waals surface area contributed by atoms with E-state index in [1.54, 1.807) is 24.0 Å². The number of carbonyl (C=O) groups is 1. The summed E-state index contributed by atoms with van der Waals surface area (Å²) in [5.74, 6) is -0.157. The molecule has 0 radical (unpaired) electrons. The first-order valence-corrected chi connectivity index (χ1v) is 9.60. The SMILES string of the molecule is CCCS(=O)(=O)N[C@H](C(=O)N1CCN(C)CC1)c1ccccc1. The monoisotopic (exact) mass is 339 g/mol. The summed E-state index contributed by atoms with van der Waals surface area (Å²) in [6.45, 7) is 4.64. The Hall–Kier alpha value is -1.44. The van der Waals surface area contributed by atoms with Crippen LogP contribution in [0, 0.1) is 0 Å². The Morgan fingerprint density at radius 3 is 2.35 bits per heavy atom. The zero-order chi connectivity index (χ0) is 16.9. The summed E-state index contributed by atoms with van der Waals surface area (Å²) in [6, 6.07) is 8.19. The van der Waals surface area contributed by atoms with E-state index in [1.165, 1.54) is 0 Å². The third kappa shape index (κ3) is 5.02. The van der Waals surface area contributed by atoms with Crippen LogP contribution < -0.4 is 4.72 Å². The number of amides is 1. The van der Waals surface area contributed by atoms with Gasteiger partial charge in [0, 0.05) is 26.2 Å². The molecule has 0 spiro atoms. The Morgan fingerprint density at radius 1 is 1.17 bits per heavy atom. The first-order chi connectivity index (χ1) is 10.9. The van der Waals surface area contributed by atoms with Crippen molar-refractivity contribution in [2.75, 3.05) is 39.0 Å². The fourth-order valence-corrected chi connectivity index (χ4v) is 3.87. The van der Waals surface area contributed by atoms with Crippen LogP contribution in [0.3, 0.4) is 0 Å². The molecule has 0 unspecified atom stereocenters. The van der Waals surface area contributed by atoms with Gasteiger partial charge in [-0.2, -0.15) is 4.72 Å². The van der Waals surface area contributed by atoms with Gasteiger partial charge in [0.15, 0.2) is 0 Å². The third-order valence-electron chi connectivity index (χ3n) is 3.97. The van der Waals surface area contributed by atoms with E-state index in [0.717, 1.165) is 13.1 Å². The van der Waals surface area contributed by atoms with Gasteiger partial charge in [-0.1, -0.05) is 37.3 Å². The maximum Gasteiger partial charge on any atom is 0.245 e. The maximum atomic E-state index is 12.9. The molecule has 1 N–H and O–H groups in total. The molecule has 0 bridgehead atoms. The number of carbonyl (C=O) groups excluding carboxylic acids is 1. The molecule has 1 aromatic rings. The van der Waals surface area contributed by atoms with Gasteiger partial charge in [0.2, 0.25) is 15.9 Å². The molecule has 128 valence electrons. The van der Waals surface area contributed by atoms with E-state index in [-0.39, 0.29) is 11.7 Å². The molecule has 0 aromatic heterocycles. The Balaban J connectivity index is 2.21. The van der Waals surface area contributed by atoms with Crippen molar-refractivity contribution < 1.29 is 13.2 Å². The fraction of sp³-hybridized carbons (Fsp3) is 0.562. The van der Waals surface area contributed by atoms with Gasteiger partial charge in [-0.3, -0.25) is 4.79 Å². The molecule has 1 fully saturated rings. The van der Waals surface area contributed by atoms with E-state index >= 15 is 0 Å². The number of piperazine rings is 1. The molecule has 7 heteroatoms. The lowest BCUT2D eigenvalue weighted by molar-refractivity contribution is -0.134. The molecule has 1 saturated heterocycles. The van der Waals surface area contributed by atoms with Crippen molar-refractivity contribution in [2.24, 2.45) is 0 Å². The molecule has 2 rings (SSSR count). The predicted molar refractivity (Wildman–Crippen MR) is 90.5 cm³/mol. The standard InChI is InChI=1S/C16H25N3O3S/c1-3-13-23(21,22)17-15(14-7-5-4-6-8-14)16(20)19-11-9-18(2)10-12-19/h4-8,15,17H,3,9-13H2,1-2H3/t15-/m0/s1. The van der Waals surface area contributed by atoms with Gasteiger partial charge in [-0.25, -0.2) is 8.42 Å². The van der Waals surface area contributed by atoms with E-state index in [9.17, 15) is 13.2 Å². The molecule has 1 aromatic carbocycles. The van der Waals surface area contributed by atoms with Crippen molar-refractivity contribution in [2.45, 2.75) is 19.4 Å². The van der Waals surface area contributed by atoms with Gasteiger partial charge in [0.05, 0.1) is 5.75 Å². The highest BCUT2D eigenvalue weighted by Gasteiger charge is 2.30. The minimum atomic E-state index is -3.48. The Labute approximate surface area is 138 Å². The highest BCUT2D eigenvalue weighted by atomic mass is 32.2. The second-order valence-corrected chi connectivity index (χ2v) is 7.78. The van der Waals surface area contributed by atoms with E-state index in [2.05, 4.69) is 9.62 Å². The van der Waals surface area contributed by atoms with Crippen molar-refractivity contribution in [3.63, 3.8) is 0 Å². The lowest BCUT2D eigenvalue weighted by atomic mass is 10.1. The zero-order valence-corrected chi connectivity index (χ0v) is 14.6. The number of likely N-dealkylation sites (N-methyl/N-ethyl adjacent to an activating group) is 1. The average molecular weight is 339 g/mol. The van der Waals surface area contributed by atoms with E-state index in [0.29, 0.717) is 25.1 Å². The highest BCUT2D eigenvalue weighted by Crippen LogP contribution is 2.18. The number of hydrogen-bond acceptors (Lipinski definition) is 4. The van der Waals surface area contributed by atoms with Crippen LogP contribution >= 0.6 is 0 Å². The maximum absolute atomic E-state index is 12.9. The van der Waals surface area contributed by atoms with E-state index < -0.39 is 16.1 Å². The number of nitrogens with zero attached hydrogens (tertiary/aromatic N) is 2. The van der Waals surface area contributed by atoms with Crippen molar-refractivity contribution in [3.8, 4) is 0 Å². The van der Waals surface area contributed by atoms with Crippen LogP contribution in [0.4, 0.5) is 0 Å². The Bertz CT molecular complexity index is 611. The molecule has 1 heterocycles. The van der Waals surface area contributed by atoms with Crippen molar-refractivity contribution in [1.82, 2.24) is 14.5 Å². The minimum absolute atomic E-state index is 0.0202. The lowest BCUT2D eigenvalue weighted by Crippen LogP contribution is -2.51. The second-order valence-electron chi connectivity index (χ2n) is 5.91. The summed E-state index contributed by atoms with van der Waals surface area (Å²) in [4.78, 5) is 16.8. The number of benzene rings is 1. The van der Waals surface area contributed by atoms with E-state index in [4.69, 9.17) is 0 Å². The van der Waals surface area contributed by atoms with Crippen LogP contribution in [-0.2, 0) is 14.8 Å². The molecule has 23 heavy (non-hydrogen) atoms. The number of nitrogens with one attached hydrogen (secondary N) is 1. The van der Waals surface area contributed by atoms with Gasteiger partial charge in [0.25, 0.3) is 0 Å². The zero-order valence-electron chi connectivity index (χ0n) is 13.7. The van der Waals surface area contributed by atoms with E-state index in [1.807, 2.05) is 25.2 Å². The van der Waals surface area contributed by atoms with Crippen LogP contribution in [0.15, 0.2) is 30.3 Å². The Kier molecular flexibility index (Phi) is 6.15. The molecule has 1 amide bonds. The molecule has 6 nitrogen and oxygen atoms in total. The smallest absolute Gasteiger partial charge is 0.245 e. The minimum Gasteiger partial charge on any atom is -0.338 e. The van der Waals surface area contributed by atoms with Crippen LogP contribution in [0.1, 0.15) is 24.9 Å². The number of hydrogen-bond donors (Lipinski definition) is 1. The topological polar surface area (TPSA) is 69.7 Å². The van der Waals surface area contributed by atoms with Gasteiger partial charge in [0.1, 0.15) is 6.04 Å². The lowest BCUT2D eigenvalue weighted by Gasteiger charge is -2.34. The second kappa shape index (κ2) is 7.90. The number of rotatable bonds is 6. The highest BCUT2D eigenvalue weighted by molar-refractivity contribution is 7.89. The van der Waals surface area contributed by atoms with Crippen LogP contribution in [0.2, 0.25) is 0 Å². The molecule has 1 atom stereocenters. The largest absolute Gasteiger partial charge is 0.338 e. The quantitative estimate of drug-likeness (QED) is 0.833. The molecular weight excluding hydrogens is 314 g/mol. The van der Waals surface area contributed by atoms with Gasteiger partial charge >= 0.3 is 0 Å². The summed E-state index contributed by atoms with van der Waals surface area (Å²) in [7, 11) is -1.47. The average Bonchev–Trinajstić information content (AvgIpc) is 2.53. The molecule has 1 aliphatic heterocycles. The van der Waals surface area contributed by atoms with Crippen molar-refractivity contribution in [3.05, 3.63) is 35.9 Å². The summed E-state index contributed by atoms with van der Waals surface area (Å²) < 4.78 is 26.9. The van der Waals surface area contributed by atoms with Gasteiger partial charge < -0.3 is 9.80 Å². The van der Waals surface area contributed by atoms with Gasteiger partial charge in [-0.05, 0) is 19.0 Å². The molecule has 1 aliphatic rings. The summed E-state index contributed by atoms with van der Waals surface area (Å²) >= 11 is 0. The van der Waals surface area contributed by atoms with Crippen molar-refractivity contribution in [1.29, 1.82) is 0 Å². The molecule has 0 saturated carbocycles. The third-order valence-corrected chi connectivity index (χ3v) is 5.51. The fourth-order valence-electron chi connectivity index (χ4n) is 2.62. The van der Waals surface area contributed by atoms with Crippen LogP contribution in [-0.4, -0.2) is 63.1 Å². The van der Waals surface area contributed by atoms with Crippen molar-refractivity contribution >= 4 is 15.9 Å². The van der Waals surface area contributed by atoms with Crippen LogP contribution in [0.25, 0.3) is 0 Å². The predicted octanol–water partition coefficient (Wildman–Crippen LogP) is 0.831. The summed E-state index contributed by atoms with van der Waals surface area (Å²) in [5.41, 5.74) is 0.677. The normalized spacial score (nSPS) is 17.9. The molecule has 0 aliphatic carbocycles. The molecular formula is C16H25N3O3S. The van der Waals surface area contributed by atoms with Crippen LogP contribution in [0.5, 0.6) is 0 Å². The number of sulfonamides is 1. The van der Waals surface area contributed by atoms with Gasteiger partial charge in [-0.15, -0.1) is 0 Å². The Morgan fingerprint density at radius 2 is 1.78 bits per heavy atom.